The smallest absolute Gasteiger partial charge is 0.319 e. The van der Waals surface area contributed by atoms with Crippen LogP contribution < -0.4 is 21.3 Å². The first kappa shape index (κ1) is 24.2. The number of hydrogen-bond acceptors (Lipinski definition) is 3. The minimum Gasteiger partial charge on any atom is -0.376 e. The Kier molecular flexibility index (Phi) is 10.4. The number of urea groups is 1. The molecule has 0 heterocycles. The Morgan fingerprint density at radius 1 is 0.968 bits per heavy atom. The second kappa shape index (κ2) is 13.3. The van der Waals surface area contributed by atoms with E-state index in [1.807, 2.05) is 56.3 Å². The highest BCUT2D eigenvalue weighted by Gasteiger charge is 2.06. The van der Waals surface area contributed by atoms with Crippen LogP contribution in [0.3, 0.4) is 0 Å². The van der Waals surface area contributed by atoms with Gasteiger partial charge >= 0.3 is 6.03 Å². The number of aliphatic imine (C=N–C) groups is 1. The summed E-state index contributed by atoms with van der Waals surface area (Å²) in [6, 6.07) is 17.8. The molecule has 4 N–H and O–H groups in total. The number of amides is 2. The van der Waals surface area contributed by atoms with Crippen LogP contribution in [-0.4, -0.2) is 38.2 Å². The molecule has 0 aliphatic carbocycles. The van der Waals surface area contributed by atoms with E-state index in [0.29, 0.717) is 25.7 Å². The molecule has 0 saturated carbocycles. The molecule has 0 aliphatic heterocycles. The van der Waals surface area contributed by atoms with Gasteiger partial charge in [-0.2, -0.15) is 0 Å². The maximum atomic E-state index is 11.8. The van der Waals surface area contributed by atoms with Crippen molar-refractivity contribution >= 4 is 17.7 Å². The van der Waals surface area contributed by atoms with E-state index in [0.717, 1.165) is 23.8 Å². The Balaban J connectivity index is 1.67. The first-order chi connectivity index (χ1) is 15.0. The average Bonchev–Trinajstić information content (AvgIpc) is 2.75. The summed E-state index contributed by atoms with van der Waals surface area (Å²) in [6.07, 6.45) is 0. The Morgan fingerprint density at radius 3 is 2.32 bits per heavy atom. The molecule has 0 bridgehead atoms. The molecule has 0 radical (unpaired) electrons. The molecule has 0 spiro atoms. The van der Waals surface area contributed by atoms with E-state index in [1.54, 1.807) is 7.05 Å². The molecule has 31 heavy (non-hydrogen) atoms. The summed E-state index contributed by atoms with van der Waals surface area (Å²) in [5, 5.41) is 12.3. The van der Waals surface area contributed by atoms with E-state index >= 15 is 0 Å². The van der Waals surface area contributed by atoms with Gasteiger partial charge in [0.1, 0.15) is 0 Å². The van der Waals surface area contributed by atoms with Crippen molar-refractivity contribution in [3.63, 3.8) is 0 Å². The second-order valence-corrected chi connectivity index (χ2v) is 7.86. The molecule has 2 amide bonds. The minimum atomic E-state index is -0.202. The number of nitrogens with zero attached hydrogens (tertiary/aromatic N) is 1. The molecule has 168 valence electrons. The van der Waals surface area contributed by atoms with Gasteiger partial charge in [0.05, 0.1) is 13.2 Å². The molecule has 1 unspecified atom stereocenters. The van der Waals surface area contributed by atoms with E-state index in [9.17, 15) is 4.79 Å². The van der Waals surface area contributed by atoms with E-state index in [-0.39, 0.29) is 12.1 Å². The highest BCUT2D eigenvalue weighted by atomic mass is 16.5. The molecule has 0 aliphatic rings. The zero-order valence-corrected chi connectivity index (χ0v) is 18.9. The number of hydrogen-bond donors (Lipinski definition) is 4. The summed E-state index contributed by atoms with van der Waals surface area (Å²) >= 11 is 0. The van der Waals surface area contributed by atoms with Gasteiger partial charge in [-0.3, -0.25) is 4.99 Å². The fourth-order valence-electron chi connectivity index (χ4n) is 2.82. The van der Waals surface area contributed by atoms with Crippen LogP contribution in [0.4, 0.5) is 10.5 Å². The van der Waals surface area contributed by atoms with Crippen LogP contribution in [0.15, 0.2) is 59.6 Å². The number of benzene rings is 2. The molecule has 0 aromatic heterocycles. The Hall–Kier alpha value is -3.06. The van der Waals surface area contributed by atoms with Gasteiger partial charge in [-0.1, -0.05) is 49.4 Å². The van der Waals surface area contributed by atoms with Crippen molar-refractivity contribution in [3.05, 3.63) is 65.7 Å². The van der Waals surface area contributed by atoms with Gasteiger partial charge in [-0.15, -0.1) is 0 Å². The topological polar surface area (TPSA) is 86.8 Å². The Bertz CT molecular complexity index is 806. The van der Waals surface area contributed by atoms with Crippen molar-refractivity contribution in [3.8, 4) is 0 Å². The maximum Gasteiger partial charge on any atom is 0.319 e. The average molecular weight is 426 g/mol. The lowest BCUT2D eigenvalue weighted by atomic mass is 10.2. The zero-order valence-electron chi connectivity index (χ0n) is 18.9. The molecular weight excluding hydrogens is 390 g/mol. The lowest BCUT2D eigenvalue weighted by molar-refractivity contribution is 0.0931. The highest BCUT2D eigenvalue weighted by Crippen LogP contribution is 2.09. The first-order valence-corrected chi connectivity index (χ1v) is 10.7. The molecule has 2 aromatic carbocycles. The van der Waals surface area contributed by atoms with E-state index < -0.39 is 0 Å². The summed E-state index contributed by atoms with van der Waals surface area (Å²) in [4.78, 5) is 16.0. The largest absolute Gasteiger partial charge is 0.376 e. The zero-order chi connectivity index (χ0) is 22.5. The molecule has 0 saturated heterocycles. The molecule has 2 aromatic rings. The van der Waals surface area contributed by atoms with E-state index in [2.05, 4.69) is 45.3 Å². The van der Waals surface area contributed by atoms with Gasteiger partial charge in [0.2, 0.25) is 0 Å². The van der Waals surface area contributed by atoms with Crippen molar-refractivity contribution in [1.29, 1.82) is 0 Å². The second-order valence-electron chi connectivity index (χ2n) is 7.86. The van der Waals surface area contributed by atoms with Gasteiger partial charge < -0.3 is 26.0 Å². The fraction of sp³-hybridized carbons (Fsp3) is 0.417. The standard InChI is InChI=1S/C24H35N5O2/c1-18(2)28-24(30)29-22-12-10-20(11-13-22)15-27-23(25-4)26-14-19(3)16-31-17-21-8-6-5-7-9-21/h5-13,18-19H,14-17H2,1-4H3,(H2,25,26,27)(H2,28,29,30). The minimum absolute atomic E-state index is 0.0980. The molecule has 7 heteroatoms. The molecule has 0 fully saturated rings. The number of ether oxygens (including phenoxy) is 1. The highest BCUT2D eigenvalue weighted by molar-refractivity contribution is 5.89. The van der Waals surface area contributed by atoms with Crippen LogP contribution in [0, 0.1) is 5.92 Å². The van der Waals surface area contributed by atoms with Crippen LogP contribution in [-0.2, 0) is 17.9 Å². The Labute approximate surface area is 185 Å². The fourth-order valence-corrected chi connectivity index (χ4v) is 2.82. The summed E-state index contributed by atoms with van der Waals surface area (Å²) in [7, 11) is 1.76. The van der Waals surface area contributed by atoms with Gasteiger partial charge in [0.15, 0.2) is 5.96 Å². The number of guanidine groups is 1. The number of rotatable bonds is 10. The van der Waals surface area contributed by atoms with Crippen molar-refractivity contribution < 1.29 is 9.53 Å². The Morgan fingerprint density at radius 2 is 1.68 bits per heavy atom. The van der Waals surface area contributed by atoms with Crippen molar-refractivity contribution in [2.24, 2.45) is 10.9 Å². The lowest BCUT2D eigenvalue weighted by Gasteiger charge is -2.16. The predicted octanol–water partition coefficient (Wildman–Crippen LogP) is 3.73. The van der Waals surface area contributed by atoms with Crippen LogP contribution in [0.5, 0.6) is 0 Å². The van der Waals surface area contributed by atoms with Crippen LogP contribution in [0.1, 0.15) is 31.9 Å². The molecular formula is C24H35N5O2. The summed E-state index contributed by atoms with van der Waals surface area (Å²) < 4.78 is 5.80. The summed E-state index contributed by atoms with van der Waals surface area (Å²) in [6.45, 7) is 8.70. The van der Waals surface area contributed by atoms with Crippen molar-refractivity contribution in [1.82, 2.24) is 16.0 Å². The third kappa shape index (κ3) is 10.00. The number of anilines is 1. The quantitative estimate of drug-likeness (QED) is 0.345. The van der Waals surface area contributed by atoms with Crippen molar-refractivity contribution in [2.75, 3.05) is 25.5 Å². The predicted molar refractivity (Wildman–Crippen MR) is 127 cm³/mol. The monoisotopic (exact) mass is 425 g/mol. The van der Waals surface area contributed by atoms with Gasteiger partial charge in [0.25, 0.3) is 0 Å². The van der Waals surface area contributed by atoms with Gasteiger partial charge in [-0.05, 0) is 43.0 Å². The summed E-state index contributed by atoms with van der Waals surface area (Å²) in [5.41, 5.74) is 3.03. The maximum absolute atomic E-state index is 11.8. The lowest BCUT2D eigenvalue weighted by Crippen LogP contribution is -2.39. The third-order valence-corrected chi connectivity index (χ3v) is 4.45. The number of carbonyl (C=O) groups excluding carboxylic acids is 1. The van der Waals surface area contributed by atoms with Crippen LogP contribution in [0.25, 0.3) is 0 Å². The number of carbonyl (C=O) groups is 1. The summed E-state index contributed by atoms with van der Waals surface area (Å²) in [5.74, 6) is 1.10. The molecule has 1 atom stereocenters. The van der Waals surface area contributed by atoms with E-state index in [1.165, 1.54) is 5.56 Å². The SMILES string of the molecule is CN=C(NCc1ccc(NC(=O)NC(C)C)cc1)NCC(C)COCc1ccccc1. The van der Waals surface area contributed by atoms with Crippen LogP contribution in [0.2, 0.25) is 0 Å². The number of nitrogens with one attached hydrogen (secondary N) is 4. The normalized spacial score (nSPS) is 12.4. The van der Waals surface area contributed by atoms with E-state index in [4.69, 9.17) is 4.74 Å². The van der Waals surface area contributed by atoms with Gasteiger partial charge in [0, 0.05) is 31.9 Å². The molecule has 2 rings (SSSR count). The van der Waals surface area contributed by atoms with Gasteiger partial charge in [-0.25, -0.2) is 4.79 Å². The van der Waals surface area contributed by atoms with Crippen LogP contribution >= 0.6 is 0 Å². The van der Waals surface area contributed by atoms with Crippen molar-refractivity contribution in [2.45, 2.75) is 40.0 Å². The molecule has 7 nitrogen and oxygen atoms in total. The third-order valence-electron chi connectivity index (χ3n) is 4.45. The first-order valence-electron chi connectivity index (χ1n) is 10.7.